The lowest BCUT2D eigenvalue weighted by Crippen LogP contribution is -2.23. The van der Waals surface area contributed by atoms with Gasteiger partial charge < -0.3 is 28.5 Å². The Morgan fingerprint density at radius 3 is 2.60 bits per heavy atom. The highest BCUT2D eigenvalue weighted by molar-refractivity contribution is 5.90. The van der Waals surface area contributed by atoms with E-state index in [0.29, 0.717) is 22.6 Å². The highest BCUT2D eigenvalue weighted by atomic mass is 16.6. The van der Waals surface area contributed by atoms with Crippen LogP contribution in [-0.4, -0.2) is 37.7 Å². The van der Waals surface area contributed by atoms with Gasteiger partial charge in [0.25, 0.3) is 0 Å². The van der Waals surface area contributed by atoms with Crippen LogP contribution in [0.5, 0.6) is 11.5 Å². The number of rotatable bonds is 6. The molecule has 0 fully saturated rings. The van der Waals surface area contributed by atoms with E-state index in [-0.39, 0.29) is 12.0 Å². The normalized spacial score (nSPS) is 21.5. The number of carbonyl (C=O) groups is 2. The molecule has 3 unspecified atom stereocenters. The summed E-state index contributed by atoms with van der Waals surface area (Å²) in [6.07, 6.45) is 1.85. The van der Waals surface area contributed by atoms with Gasteiger partial charge in [-0.3, -0.25) is 0 Å². The Labute approximate surface area is 144 Å². The van der Waals surface area contributed by atoms with Gasteiger partial charge >= 0.3 is 5.97 Å². The number of hydrogen-bond donors (Lipinski definition) is 1. The Morgan fingerprint density at radius 2 is 1.92 bits per heavy atom. The Balaban J connectivity index is 1.83. The van der Waals surface area contributed by atoms with Crippen molar-refractivity contribution in [2.24, 2.45) is 0 Å². The van der Waals surface area contributed by atoms with E-state index in [2.05, 4.69) is 0 Å². The van der Waals surface area contributed by atoms with Crippen LogP contribution in [0.4, 0.5) is 0 Å². The molecule has 1 aromatic carbocycles. The SMILES string of the molecule is COc1ccc(C(=O)OC2c3cocc3C(CC=O)C2O)cc1OC. The fourth-order valence-corrected chi connectivity index (χ4v) is 3.08. The Kier molecular flexibility index (Phi) is 4.76. The summed E-state index contributed by atoms with van der Waals surface area (Å²) in [7, 11) is 2.97. The largest absolute Gasteiger partial charge is 0.493 e. The second kappa shape index (κ2) is 6.98. The molecule has 0 saturated carbocycles. The maximum Gasteiger partial charge on any atom is 0.338 e. The lowest BCUT2D eigenvalue weighted by molar-refractivity contribution is -0.109. The van der Waals surface area contributed by atoms with Crippen molar-refractivity contribution in [1.82, 2.24) is 0 Å². The molecule has 1 aliphatic carbocycles. The topological polar surface area (TPSA) is 95.2 Å². The molecule has 25 heavy (non-hydrogen) atoms. The van der Waals surface area contributed by atoms with Gasteiger partial charge in [0.05, 0.1) is 32.3 Å². The van der Waals surface area contributed by atoms with Crippen molar-refractivity contribution < 1.29 is 33.3 Å². The van der Waals surface area contributed by atoms with Crippen LogP contribution in [0, 0.1) is 0 Å². The Bertz CT molecular complexity index is 779. The van der Waals surface area contributed by atoms with E-state index in [1.807, 2.05) is 0 Å². The van der Waals surface area contributed by atoms with Gasteiger partial charge in [0.1, 0.15) is 12.4 Å². The number of benzene rings is 1. The molecule has 132 valence electrons. The first-order valence-electron chi connectivity index (χ1n) is 7.71. The van der Waals surface area contributed by atoms with Crippen molar-refractivity contribution in [1.29, 1.82) is 0 Å². The Morgan fingerprint density at radius 1 is 1.20 bits per heavy atom. The van der Waals surface area contributed by atoms with Crippen molar-refractivity contribution >= 4 is 12.3 Å². The van der Waals surface area contributed by atoms with Crippen LogP contribution in [-0.2, 0) is 9.53 Å². The minimum Gasteiger partial charge on any atom is -0.493 e. The summed E-state index contributed by atoms with van der Waals surface area (Å²) < 4.78 is 20.9. The molecular weight excluding hydrogens is 328 g/mol. The molecule has 2 aromatic rings. The number of ether oxygens (including phenoxy) is 3. The van der Waals surface area contributed by atoms with Gasteiger partial charge in [-0.05, 0) is 18.2 Å². The number of aldehydes is 1. The molecule has 7 nitrogen and oxygen atoms in total. The van der Waals surface area contributed by atoms with Crippen LogP contribution >= 0.6 is 0 Å². The number of aliphatic hydroxyl groups excluding tert-OH is 1. The molecule has 3 rings (SSSR count). The molecule has 0 spiro atoms. The average Bonchev–Trinajstić information content (AvgIpc) is 3.19. The van der Waals surface area contributed by atoms with E-state index in [1.165, 1.54) is 32.8 Å². The molecule has 1 N–H and O–H groups in total. The predicted molar refractivity (Wildman–Crippen MR) is 85.8 cm³/mol. The smallest absolute Gasteiger partial charge is 0.338 e. The van der Waals surface area contributed by atoms with Crippen molar-refractivity contribution in [2.75, 3.05) is 14.2 Å². The first kappa shape index (κ1) is 17.0. The van der Waals surface area contributed by atoms with E-state index < -0.39 is 24.1 Å². The van der Waals surface area contributed by atoms with Crippen LogP contribution in [0.25, 0.3) is 0 Å². The number of hydrogen-bond acceptors (Lipinski definition) is 7. The molecule has 1 heterocycles. The summed E-state index contributed by atoms with van der Waals surface area (Å²) in [4.78, 5) is 23.3. The third kappa shape index (κ3) is 2.98. The summed E-state index contributed by atoms with van der Waals surface area (Å²) in [5.41, 5.74) is 1.52. The number of esters is 1. The van der Waals surface area contributed by atoms with Crippen molar-refractivity contribution in [3.63, 3.8) is 0 Å². The van der Waals surface area contributed by atoms with Gasteiger partial charge in [0.15, 0.2) is 17.6 Å². The Hall–Kier alpha value is -2.80. The predicted octanol–water partition coefficient (Wildman–Crippen LogP) is 2.24. The molecular formula is C18H18O7. The van der Waals surface area contributed by atoms with Crippen molar-refractivity contribution in [3.8, 4) is 11.5 Å². The number of aliphatic hydroxyl groups is 1. The van der Waals surface area contributed by atoms with Gasteiger partial charge in [-0.15, -0.1) is 0 Å². The van der Waals surface area contributed by atoms with Crippen LogP contribution < -0.4 is 9.47 Å². The zero-order valence-corrected chi connectivity index (χ0v) is 13.8. The summed E-state index contributed by atoms with van der Waals surface area (Å²) in [5.74, 6) is -0.187. The summed E-state index contributed by atoms with van der Waals surface area (Å²) in [5, 5.41) is 10.4. The van der Waals surface area contributed by atoms with E-state index in [9.17, 15) is 14.7 Å². The third-order valence-corrected chi connectivity index (χ3v) is 4.36. The van der Waals surface area contributed by atoms with Crippen LogP contribution in [0.1, 0.15) is 39.9 Å². The molecule has 0 saturated heterocycles. The minimum atomic E-state index is -1.00. The van der Waals surface area contributed by atoms with Gasteiger partial charge in [-0.1, -0.05) is 0 Å². The molecule has 0 aliphatic heterocycles. The summed E-state index contributed by atoms with van der Waals surface area (Å²) in [6.45, 7) is 0. The molecule has 1 aliphatic rings. The van der Waals surface area contributed by atoms with E-state index >= 15 is 0 Å². The lowest BCUT2D eigenvalue weighted by Gasteiger charge is -2.20. The van der Waals surface area contributed by atoms with Gasteiger partial charge in [0, 0.05) is 23.5 Å². The number of furan rings is 1. The fourth-order valence-electron chi connectivity index (χ4n) is 3.08. The van der Waals surface area contributed by atoms with Crippen molar-refractivity contribution in [2.45, 2.75) is 24.5 Å². The van der Waals surface area contributed by atoms with Crippen LogP contribution in [0.2, 0.25) is 0 Å². The van der Waals surface area contributed by atoms with E-state index in [1.54, 1.807) is 12.1 Å². The second-order valence-corrected chi connectivity index (χ2v) is 5.68. The molecule has 3 atom stereocenters. The first-order valence-corrected chi connectivity index (χ1v) is 7.71. The van der Waals surface area contributed by atoms with Crippen LogP contribution in [0.15, 0.2) is 35.1 Å². The summed E-state index contributed by atoms with van der Waals surface area (Å²) >= 11 is 0. The zero-order valence-electron chi connectivity index (χ0n) is 13.8. The van der Waals surface area contributed by atoms with Crippen LogP contribution in [0.3, 0.4) is 0 Å². The maximum absolute atomic E-state index is 12.5. The van der Waals surface area contributed by atoms with Crippen molar-refractivity contribution in [3.05, 3.63) is 47.4 Å². The quantitative estimate of drug-likeness (QED) is 0.633. The monoisotopic (exact) mass is 346 g/mol. The average molecular weight is 346 g/mol. The minimum absolute atomic E-state index is 0.123. The van der Waals surface area contributed by atoms with E-state index in [4.69, 9.17) is 18.6 Å². The third-order valence-electron chi connectivity index (χ3n) is 4.36. The molecule has 0 bridgehead atoms. The molecule has 7 heteroatoms. The number of carbonyl (C=O) groups excluding carboxylic acids is 2. The highest BCUT2D eigenvalue weighted by Crippen LogP contribution is 2.45. The lowest BCUT2D eigenvalue weighted by atomic mass is 9.99. The maximum atomic E-state index is 12.5. The number of fused-ring (bicyclic) bond motifs is 1. The highest BCUT2D eigenvalue weighted by Gasteiger charge is 2.43. The van der Waals surface area contributed by atoms with Gasteiger partial charge in [-0.2, -0.15) is 0 Å². The first-order chi connectivity index (χ1) is 12.1. The van der Waals surface area contributed by atoms with Gasteiger partial charge in [0.2, 0.25) is 0 Å². The second-order valence-electron chi connectivity index (χ2n) is 5.68. The zero-order chi connectivity index (χ0) is 18.0. The van der Waals surface area contributed by atoms with Gasteiger partial charge in [-0.25, -0.2) is 4.79 Å². The summed E-state index contributed by atoms with van der Waals surface area (Å²) in [6, 6.07) is 4.64. The molecule has 1 aromatic heterocycles. The molecule has 0 radical (unpaired) electrons. The standard InChI is InChI=1S/C18H18O7/c1-22-14-4-3-10(7-15(14)23-2)18(21)25-17-13-9-24-8-12(13)11(5-6-19)16(17)20/h3-4,6-9,11,16-17,20H,5H2,1-2H3. The molecule has 0 amide bonds. The number of methoxy groups -OCH3 is 2. The van der Waals surface area contributed by atoms with E-state index in [0.717, 1.165) is 6.29 Å². The fraction of sp³-hybridized carbons (Fsp3) is 0.333.